The summed E-state index contributed by atoms with van der Waals surface area (Å²) < 4.78 is 0. The van der Waals surface area contributed by atoms with Crippen molar-refractivity contribution in [2.45, 2.75) is 59.1 Å². The van der Waals surface area contributed by atoms with Gasteiger partial charge in [-0.05, 0) is 83.3 Å². The molecule has 3 rings (SSSR count). The summed E-state index contributed by atoms with van der Waals surface area (Å²) in [5, 5.41) is 31.7. The Kier molecular flexibility index (Phi) is 11.5. The molecule has 0 saturated carbocycles. The van der Waals surface area contributed by atoms with Gasteiger partial charge in [0.15, 0.2) is 0 Å². The third-order valence-corrected chi connectivity index (χ3v) is 6.23. The number of nitrogens with one attached hydrogen (secondary N) is 1. The van der Waals surface area contributed by atoms with Crippen LogP contribution >= 0.6 is 21.0 Å². The molecule has 0 bridgehead atoms. The van der Waals surface area contributed by atoms with Crippen LogP contribution in [0, 0.1) is 13.8 Å². The van der Waals surface area contributed by atoms with Crippen LogP contribution in [0.5, 0.6) is 5.75 Å². The predicted molar refractivity (Wildman–Crippen MR) is 146 cm³/mol. The molecule has 0 aliphatic carbocycles. The van der Waals surface area contributed by atoms with E-state index >= 15 is 0 Å². The van der Waals surface area contributed by atoms with Crippen molar-refractivity contribution in [2.24, 2.45) is 0 Å². The SMILES string of the molecule is Cc1cc(CNP)cc(C)c1Cc1ccc(O)c(C(C)C)c1.OCCC(O)c1cccc(Cl)c1. The second-order valence-corrected chi connectivity index (χ2v) is 9.74. The summed E-state index contributed by atoms with van der Waals surface area (Å²) in [4.78, 5) is 0. The number of hydrogen-bond acceptors (Lipinski definition) is 4. The molecule has 4 N–H and O–H groups in total. The third-order valence-electron chi connectivity index (χ3n) is 5.79. The van der Waals surface area contributed by atoms with Crippen molar-refractivity contribution in [3.05, 3.63) is 98.6 Å². The van der Waals surface area contributed by atoms with Crippen molar-refractivity contribution < 1.29 is 15.3 Å². The normalized spacial score (nSPS) is 11.8. The number of hydrogen-bond donors (Lipinski definition) is 4. The number of aromatic hydroxyl groups is 1. The maximum Gasteiger partial charge on any atom is 0.119 e. The minimum absolute atomic E-state index is 0.0202. The third kappa shape index (κ3) is 8.37. The summed E-state index contributed by atoms with van der Waals surface area (Å²) in [6.45, 7) is 9.42. The zero-order valence-corrected chi connectivity index (χ0v) is 22.4. The molecule has 4 nitrogen and oxygen atoms in total. The topological polar surface area (TPSA) is 72.7 Å². The Bertz CT molecular complexity index is 1050. The zero-order valence-electron chi connectivity index (χ0n) is 20.5. The molecule has 0 aromatic heterocycles. The highest BCUT2D eigenvalue weighted by Gasteiger charge is 2.10. The molecule has 2 unspecified atom stereocenters. The van der Waals surface area contributed by atoms with Gasteiger partial charge in [0, 0.05) is 24.6 Å². The van der Waals surface area contributed by atoms with Crippen molar-refractivity contribution in [3.63, 3.8) is 0 Å². The lowest BCUT2D eigenvalue weighted by atomic mass is 9.92. The Morgan fingerprint density at radius 3 is 2.21 bits per heavy atom. The van der Waals surface area contributed by atoms with E-state index in [0.29, 0.717) is 23.1 Å². The van der Waals surface area contributed by atoms with E-state index in [-0.39, 0.29) is 6.61 Å². The van der Waals surface area contributed by atoms with Crippen LogP contribution in [0.1, 0.15) is 71.2 Å². The average molecular weight is 502 g/mol. The molecule has 0 radical (unpaired) electrons. The number of aliphatic hydroxyl groups is 2. The largest absolute Gasteiger partial charge is 0.508 e. The predicted octanol–water partition coefficient (Wildman–Crippen LogP) is 6.36. The second kappa shape index (κ2) is 13.8. The highest BCUT2D eigenvalue weighted by Crippen LogP contribution is 2.28. The lowest BCUT2D eigenvalue weighted by molar-refractivity contribution is 0.134. The van der Waals surface area contributed by atoms with E-state index in [9.17, 15) is 10.2 Å². The first-order chi connectivity index (χ1) is 16.2. The summed E-state index contributed by atoms with van der Waals surface area (Å²) >= 11 is 5.72. The highest BCUT2D eigenvalue weighted by molar-refractivity contribution is 7.13. The molecule has 3 aromatic carbocycles. The molecule has 0 amide bonds. The Morgan fingerprint density at radius 2 is 1.65 bits per heavy atom. The first-order valence-corrected chi connectivity index (χ1v) is 12.5. The summed E-state index contributed by atoms with van der Waals surface area (Å²) in [6, 6.07) is 17.5. The van der Waals surface area contributed by atoms with Gasteiger partial charge in [0.25, 0.3) is 0 Å². The number of aliphatic hydroxyl groups excluding tert-OH is 2. The van der Waals surface area contributed by atoms with E-state index in [2.05, 4.69) is 60.4 Å². The van der Waals surface area contributed by atoms with Gasteiger partial charge >= 0.3 is 0 Å². The molecule has 0 fully saturated rings. The van der Waals surface area contributed by atoms with Crippen LogP contribution in [0.4, 0.5) is 0 Å². The average Bonchev–Trinajstić information content (AvgIpc) is 2.78. The molecule has 2 atom stereocenters. The van der Waals surface area contributed by atoms with Gasteiger partial charge in [-0.15, -0.1) is 0 Å². The fourth-order valence-corrected chi connectivity index (χ4v) is 4.40. The van der Waals surface area contributed by atoms with Gasteiger partial charge in [-0.3, -0.25) is 5.09 Å². The highest BCUT2D eigenvalue weighted by atomic mass is 35.5. The monoisotopic (exact) mass is 501 g/mol. The van der Waals surface area contributed by atoms with Crippen LogP contribution in [0.3, 0.4) is 0 Å². The molecule has 0 heterocycles. The maximum atomic E-state index is 9.97. The molecule has 184 valence electrons. The van der Waals surface area contributed by atoms with Crippen LogP contribution in [0.15, 0.2) is 54.6 Å². The number of phenolic OH excluding ortho intramolecular Hbond substituents is 1. The molecule has 0 spiro atoms. The van der Waals surface area contributed by atoms with Gasteiger partial charge in [-0.2, -0.15) is 0 Å². The van der Waals surface area contributed by atoms with E-state index in [4.69, 9.17) is 16.7 Å². The smallest absolute Gasteiger partial charge is 0.119 e. The van der Waals surface area contributed by atoms with Gasteiger partial charge < -0.3 is 15.3 Å². The van der Waals surface area contributed by atoms with Crippen LogP contribution in [-0.2, 0) is 13.0 Å². The van der Waals surface area contributed by atoms with Crippen LogP contribution in [-0.4, -0.2) is 21.9 Å². The lowest BCUT2D eigenvalue weighted by Crippen LogP contribution is -2.03. The minimum atomic E-state index is -0.617. The number of rotatable bonds is 8. The summed E-state index contributed by atoms with van der Waals surface area (Å²) in [5.74, 6) is 0.728. The van der Waals surface area contributed by atoms with Crippen molar-refractivity contribution in [2.75, 3.05) is 6.61 Å². The fraction of sp³-hybridized carbons (Fsp3) is 0.357. The number of halogens is 1. The standard InChI is InChI=1S/C19H26NOP.C9H11ClO2/c1-12(2)17-9-15(5-6-19(17)21)10-18-13(3)7-16(11-20-22)8-14(18)4;10-8-3-1-2-7(6-8)9(12)4-5-11/h5-9,12,20-21H,10-11,22H2,1-4H3;1-3,6,9,11-12H,4-5H2. The molecular formula is C28H37ClNO3P. The Balaban J connectivity index is 0.000000287. The number of phenols is 1. The molecule has 0 aliphatic heterocycles. The van der Waals surface area contributed by atoms with E-state index in [1.54, 1.807) is 24.3 Å². The summed E-state index contributed by atoms with van der Waals surface area (Å²) in [6.07, 6.45) is 0.640. The molecule has 34 heavy (non-hydrogen) atoms. The van der Waals surface area contributed by atoms with Crippen LogP contribution in [0.25, 0.3) is 0 Å². The molecule has 0 saturated heterocycles. The Morgan fingerprint density at radius 1 is 0.971 bits per heavy atom. The Labute approximate surface area is 211 Å². The van der Waals surface area contributed by atoms with Gasteiger partial charge in [-0.1, -0.05) is 71.2 Å². The summed E-state index contributed by atoms with van der Waals surface area (Å²) in [5.41, 5.74) is 8.37. The van der Waals surface area contributed by atoms with E-state index in [1.807, 2.05) is 12.1 Å². The summed E-state index contributed by atoms with van der Waals surface area (Å²) in [7, 11) is 2.55. The van der Waals surface area contributed by atoms with Crippen LogP contribution < -0.4 is 5.09 Å². The van der Waals surface area contributed by atoms with Crippen molar-refractivity contribution in [1.29, 1.82) is 0 Å². The van der Waals surface area contributed by atoms with Crippen molar-refractivity contribution >= 4 is 21.0 Å². The van der Waals surface area contributed by atoms with E-state index < -0.39 is 6.10 Å². The maximum absolute atomic E-state index is 9.97. The molecule has 6 heteroatoms. The molecule has 3 aromatic rings. The van der Waals surface area contributed by atoms with E-state index in [1.165, 1.54) is 27.8 Å². The van der Waals surface area contributed by atoms with Crippen molar-refractivity contribution in [3.8, 4) is 5.75 Å². The zero-order chi connectivity index (χ0) is 25.3. The Hall–Kier alpha value is -1.94. The number of benzene rings is 3. The first-order valence-electron chi connectivity index (χ1n) is 11.5. The second-order valence-electron chi connectivity index (χ2n) is 8.90. The van der Waals surface area contributed by atoms with Gasteiger partial charge in [0.2, 0.25) is 0 Å². The van der Waals surface area contributed by atoms with Gasteiger partial charge in [-0.25, -0.2) is 0 Å². The fourth-order valence-electron chi connectivity index (χ4n) is 3.97. The molecule has 0 aliphatic rings. The van der Waals surface area contributed by atoms with Crippen LogP contribution in [0.2, 0.25) is 5.02 Å². The lowest BCUT2D eigenvalue weighted by Gasteiger charge is -2.15. The van der Waals surface area contributed by atoms with Gasteiger partial charge in [0.05, 0.1) is 6.10 Å². The first kappa shape index (κ1) is 28.3. The van der Waals surface area contributed by atoms with Crippen molar-refractivity contribution in [1.82, 2.24) is 5.09 Å². The van der Waals surface area contributed by atoms with Gasteiger partial charge in [0.1, 0.15) is 5.75 Å². The minimum Gasteiger partial charge on any atom is -0.508 e. The quantitative estimate of drug-likeness (QED) is 0.271. The van der Waals surface area contributed by atoms with E-state index in [0.717, 1.165) is 24.1 Å². The molecular weight excluding hydrogens is 465 g/mol. The number of aryl methyl sites for hydroxylation is 2.